The summed E-state index contributed by atoms with van der Waals surface area (Å²) in [5.74, 6) is -0.352. The van der Waals surface area contributed by atoms with Crippen molar-refractivity contribution in [1.82, 2.24) is 0 Å². The first kappa shape index (κ1) is 12.4. The fourth-order valence-corrected chi connectivity index (χ4v) is 0.770. The third-order valence-corrected chi connectivity index (χ3v) is 1.62. The molecule has 2 N–H and O–H groups in total. The zero-order valence-electron chi connectivity index (χ0n) is 8.58. The molecule has 0 aromatic carbocycles. The fourth-order valence-electron chi connectivity index (χ4n) is 0.770. The normalized spacial score (nSPS) is 15.1. The second-order valence-corrected chi connectivity index (χ2v) is 2.92. The van der Waals surface area contributed by atoms with Gasteiger partial charge in [-0.1, -0.05) is 6.92 Å². The Morgan fingerprint density at radius 3 is 2.54 bits per heavy atom. The van der Waals surface area contributed by atoms with Crippen molar-refractivity contribution in [3.8, 4) is 0 Å². The minimum absolute atomic E-state index is 0.218. The number of nitrogens with two attached hydrogens (primary N) is 1. The molecule has 0 aromatic heterocycles. The van der Waals surface area contributed by atoms with Crippen LogP contribution in [0.15, 0.2) is 0 Å². The molecule has 4 nitrogen and oxygen atoms in total. The van der Waals surface area contributed by atoms with E-state index in [1.807, 2.05) is 13.8 Å². The smallest absolute Gasteiger partial charge is 0.323 e. The summed E-state index contributed by atoms with van der Waals surface area (Å²) in [6, 6.07) is -0.510. The maximum Gasteiger partial charge on any atom is 0.323 e. The molecule has 0 aromatic rings. The summed E-state index contributed by atoms with van der Waals surface area (Å²) in [7, 11) is 0. The van der Waals surface area contributed by atoms with Gasteiger partial charge < -0.3 is 15.2 Å². The SMILES string of the molecule is CCOCC(C)OC(=O)C(N)CC. The van der Waals surface area contributed by atoms with Crippen molar-refractivity contribution in [3.63, 3.8) is 0 Å². The van der Waals surface area contributed by atoms with Crippen molar-refractivity contribution in [3.05, 3.63) is 0 Å². The first-order chi connectivity index (χ1) is 6.11. The highest BCUT2D eigenvalue weighted by Crippen LogP contribution is 1.97. The van der Waals surface area contributed by atoms with E-state index in [1.54, 1.807) is 6.92 Å². The van der Waals surface area contributed by atoms with Gasteiger partial charge in [-0.25, -0.2) is 0 Å². The first-order valence-electron chi connectivity index (χ1n) is 4.65. The van der Waals surface area contributed by atoms with Gasteiger partial charge in [-0.3, -0.25) is 4.79 Å². The maximum absolute atomic E-state index is 11.1. The molecule has 0 fully saturated rings. The molecule has 13 heavy (non-hydrogen) atoms. The Morgan fingerprint density at radius 2 is 2.08 bits per heavy atom. The van der Waals surface area contributed by atoms with Gasteiger partial charge in [0.05, 0.1) is 6.61 Å². The van der Waals surface area contributed by atoms with Gasteiger partial charge in [0.1, 0.15) is 12.1 Å². The average Bonchev–Trinajstić information content (AvgIpc) is 2.13. The second kappa shape index (κ2) is 6.86. The van der Waals surface area contributed by atoms with E-state index in [-0.39, 0.29) is 12.1 Å². The number of hydrogen-bond donors (Lipinski definition) is 1. The molecular formula is C9H19NO3. The summed E-state index contributed by atoms with van der Waals surface area (Å²) >= 11 is 0. The van der Waals surface area contributed by atoms with Gasteiger partial charge in [0.15, 0.2) is 0 Å². The van der Waals surface area contributed by atoms with Crippen LogP contribution in [0.25, 0.3) is 0 Å². The van der Waals surface area contributed by atoms with Crippen molar-refractivity contribution in [2.24, 2.45) is 5.73 Å². The molecule has 0 aliphatic rings. The lowest BCUT2D eigenvalue weighted by atomic mass is 10.2. The van der Waals surface area contributed by atoms with Crippen molar-refractivity contribution >= 4 is 5.97 Å². The van der Waals surface area contributed by atoms with Crippen LogP contribution < -0.4 is 5.73 Å². The summed E-state index contributed by atoms with van der Waals surface area (Å²) in [5, 5.41) is 0. The molecule has 0 aliphatic carbocycles. The molecule has 0 aliphatic heterocycles. The van der Waals surface area contributed by atoms with E-state index in [9.17, 15) is 4.79 Å². The van der Waals surface area contributed by atoms with Crippen LogP contribution in [-0.4, -0.2) is 31.3 Å². The Balaban J connectivity index is 3.64. The number of rotatable bonds is 6. The molecule has 4 heteroatoms. The van der Waals surface area contributed by atoms with Gasteiger partial charge in [0, 0.05) is 6.61 Å². The number of esters is 1. The Bertz CT molecular complexity index is 150. The molecule has 78 valence electrons. The van der Waals surface area contributed by atoms with Gasteiger partial charge in [-0.05, 0) is 20.3 Å². The van der Waals surface area contributed by atoms with Crippen molar-refractivity contribution in [2.75, 3.05) is 13.2 Å². The highest BCUT2D eigenvalue weighted by molar-refractivity contribution is 5.75. The van der Waals surface area contributed by atoms with E-state index < -0.39 is 6.04 Å². The molecule has 0 radical (unpaired) electrons. The van der Waals surface area contributed by atoms with Crippen molar-refractivity contribution in [2.45, 2.75) is 39.3 Å². The first-order valence-corrected chi connectivity index (χ1v) is 4.65. The molecule has 0 saturated heterocycles. The summed E-state index contributed by atoms with van der Waals surface area (Å²) in [6.07, 6.45) is 0.380. The van der Waals surface area contributed by atoms with Crippen LogP contribution in [0, 0.1) is 0 Å². The zero-order chi connectivity index (χ0) is 10.3. The van der Waals surface area contributed by atoms with E-state index in [4.69, 9.17) is 15.2 Å². The van der Waals surface area contributed by atoms with Crippen molar-refractivity contribution in [1.29, 1.82) is 0 Å². The monoisotopic (exact) mass is 189 g/mol. The fraction of sp³-hybridized carbons (Fsp3) is 0.889. The van der Waals surface area contributed by atoms with E-state index >= 15 is 0 Å². The van der Waals surface area contributed by atoms with Crippen LogP contribution in [0.3, 0.4) is 0 Å². The number of carbonyl (C=O) groups excluding carboxylic acids is 1. The summed E-state index contributed by atoms with van der Waals surface area (Å²) in [5.41, 5.74) is 5.48. The van der Waals surface area contributed by atoms with E-state index in [1.165, 1.54) is 0 Å². The molecule has 0 spiro atoms. The number of carbonyl (C=O) groups is 1. The Morgan fingerprint density at radius 1 is 1.46 bits per heavy atom. The van der Waals surface area contributed by atoms with Gasteiger partial charge in [-0.2, -0.15) is 0 Å². The average molecular weight is 189 g/mol. The third-order valence-electron chi connectivity index (χ3n) is 1.62. The topological polar surface area (TPSA) is 61.5 Å². The summed E-state index contributed by atoms with van der Waals surface area (Å²) in [4.78, 5) is 11.1. The molecule has 0 bridgehead atoms. The van der Waals surface area contributed by atoms with Crippen LogP contribution in [0.2, 0.25) is 0 Å². The van der Waals surface area contributed by atoms with Crippen LogP contribution in [0.4, 0.5) is 0 Å². The molecule has 2 atom stereocenters. The summed E-state index contributed by atoms with van der Waals surface area (Å²) in [6.45, 7) is 6.59. The number of hydrogen-bond acceptors (Lipinski definition) is 4. The Hall–Kier alpha value is -0.610. The lowest BCUT2D eigenvalue weighted by Gasteiger charge is -2.15. The maximum atomic E-state index is 11.1. The van der Waals surface area contributed by atoms with Crippen LogP contribution in [-0.2, 0) is 14.3 Å². The predicted octanol–water partition coefficient (Wildman–Crippen LogP) is 0.692. The molecule has 0 rings (SSSR count). The Kier molecular flexibility index (Phi) is 6.54. The highest BCUT2D eigenvalue weighted by atomic mass is 16.6. The largest absolute Gasteiger partial charge is 0.459 e. The van der Waals surface area contributed by atoms with Crippen LogP contribution in [0.1, 0.15) is 27.2 Å². The standard InChI is InChI=1S/C9H19NO3/c1-4-8(10)9(11)13-7(3)6-12-5-2/h7-8H,4-6,10H2,1-3H3. The third kappa shape index (κ3) is 5.60. The van der Waals surface area contributed by atoms with E-state index in [2.05, 4.69) is 0 Å². The molecule has 2 unspecified atom stereocenters. The van der Waals surface area contributed by atoms with Gasteiger partial charge in [0.25, 0.3) is 0 Å². The minimum Gasteiger partial charge on any atom is -0.459 e. The molecule has 0 amide bonds. The summed E-state index contributed by atoms with van der Waals surface area (Å²) < 4.78 is 10.1. The van der Waals surface area contributed by atoms with Crippen LogP contribution >= 0.6 is 0 Å². The minimum atomic E-state index is -0.510. The number of ether oxygens (including phenoxy) is 2. The lowest BCUT2D eigenvalue weighted by molar-refractivity contribution is -0.152. The molecule has 0 heterocycles. The van der Waals surface area contributed by atoms with Gasteiger partial charge in [0.2, 0.25) is 0 Å². The van der Waals surface area contributed by atoms with Gasteiger partial charge >= 0.3 is 5.97 Å². The van der Waals surface area contributed by atoms with Gasteiger partial charge in [-0.15, -0.1) is 0 Å². The van der Waals surface area contributed by atoms with Crippen LogP contribution in [0.5, 0.6) is 0 Å². The predicted molar refractivity (Wildman–Crippen MR) is 50.3 cm³/mol. The highest BCUT2D eigenvalue weighted by Gasteiger charge is 2.15. The Labute approximate surface area is 79.4 Å². The molecular weight excluding hydrogens is 170 g/mol. The van der Waals surface area contributed by atoms with E-state index in [0.29, 0.717) is 19.6 Å². The zero-order valence-corrected chi connectivity index (χ0v) is 8.58. The lowest BCUT2D eigenvalue weighted by Crippen LogP contribution is -2.34. The van der Waals surface area contributed by atoms with Crippen molar-refractivity contribution < 1.29 is 14.3 Å². The quantitative estimate of drug-likeness (QED) is 0.624. The molecule has 0 saturated carbocycles. The van der Waals surface area contributed by atoms with E-state index in [0.717, 1.165) is 0 Å². The second-order valence-electron chi connectivity index (χ2n) is 2.92.